The van der Waals surface area contributed by atoms with Crippen LogP contribution in [0.15, 0.2) is 61.1 Å². The van der Waals surface area contributed by atoms with E-state index in [1.165, 1.54) is 12.4 Å². The van der Waals surface area contributed by atoms with E-state index in [9.17, 15) is 13.2 Å². The summed E-state index contributed by atoms with van der Waals surface area (Å²) in [6.45, 7) is 0. The Labute approximate surface area is 172 Å². The van der Waals surface area contributed by atoms with Gasteiger partial charge in [-0.2, -0.15) is 18.2 Å². The number of benzene rings is 2. The lowest BCUT2D eigenvalue weighted by atomic mass is 10.2. The third kappa shape index (κ3) is 4.49. The molecule has 2 aromatic heterocycles. The summed E-state index contributed by atoms with van der Waals surface area (Å²) in [5.74, 6) is 1.51. The molecule has 7 nitrogen and oxygen atoms in total. The highest BCUT2D eigenvalue weighted by molar-refractivity contribution is 6.31. The summed E-state index contributed by atoms with van der Waals surface area (Å²) in [6.07, 6.45) is -1.61. The van der Waals surface area contributed by atoms with Crippen LogP contribution in [0.4, 0.5) is 24.8 Å². The van der Waals surface area contributed by atoms with E-state index in [1.807, 2.05) is 0 Å². The molecule has 4 aromatic rings. The third-order valence-corrected chi connectivity index (χ3v) is 4.25. The van der Waals surface area contributed by atoms with Gasteiger partial charge in [-0.1, -0.05) is 11.6 Å². The van der Waals surface area contributed by atoms with E-state index < -0.39 is 11.7 Å². The van der Waals surface area contributed by atoms with Gasteiger partial charge in [0.15, 0.2) is 5.82 Å². The molecule has 11 heteroatoms. The number of ether oxygens (including phenoxy) is 1. The van der Waals surface area contributed by atoms with Crippen molar-refractivity contribution in [2.45, 2.75) is 6.18 Å². The van der Waals surface area contributed by atoms with Crippen LogP contribution < -0.4 is 10.1 Å². The van der Waals surface area contributed by atoms with Crippen LogP contribution in [0.3, 0.4) is 0 Å². The fourth-order valence-electron chi connectivity index (χ4n) is 2.54. The molecule has 0 amide bonds. The highest BCUT2D eigenvalue weighted by Gasteiger charge is 2.33. The van der Waals surface area contributed by atoms with Crippen molar-refractivity contribution in [2.75, 3.05) is 5.32 Å². The number of hydrogen-bond donors (Lipinski definition) is 2. The number of rotatable bonds is 5. The first kappa shape index (κ1) is 19.6. The number of halogens is 4. The summed E-state index contributed by atoms with van der Waals surface area (Å²) in [5.41, 5.74) is -0.0762. The Balaban J connectivity index is 1.48. The molecule has 0 atom stereocenters. The Hall–Kier alpha value is -3.66. The molecule has 0 fully saturated rings. The van der Waals surface area contributed by atoms with Crippen LogP contribution in [0, 0.1) is 0 Å². The summed E-state index contributed by atoms with van der Waals surface area (Å²) in [4.78, 5) is 12.0. The van der Waals surface area contributed by atoms with Gasteiger partial charge in [-0.15, -0.1) is 5.10 Å². The Bertz CT molecular complexity index is 1150. The smallest absolute Gasteiger partial charge is 0.417 e. The fourth-order valence-corrected chi connectivity index (χ4v) is 2.76. The van der Waals surface area contributed by atoms with Crippen LogP contribution in [0.25, 0.3) is 11.4 Å². The second-order valence-corrected chi connectivity index (χ2v) is 6.41. The number of aromatic nitrogens is 5. The quantitative estimate of drug-likeness (QED) is 0.434. The summed E-state index contributed by atoms with van der Waals surface area (Å²) in [7, 11) is 0. The number of H-pyrrole nitrogens is 1. The van der Waals surface area contributed by atoms with Gasteiger partial charge in [0.25, 0.3) is 0 Å². The van der Waals surface area contributed by atoms with Crippen LogP contribution in [-0.4, -0.2) is 25.1 Å². The van der Waals surface area contributed by atoms with Crippen LogP contribution in [-0.2, 0) is 6.18 Å². The minimum atomic E-state index is -4.56. The molecule has 2 aromatic carbocycles. The maximum Gasteiger partial charge on any atom is 0.417 e. The van der Waals surface area contributed by atoms with Crippen molar-refractivity contribution in [3.8, 4) is 23.0 Å². The minimum absolute atomic E-state index is 0.113. The van der Waals surface area contributed by atoms with Gasteiger partial charge in [-0.3, -0.25) is 5.10 Å². The molecule has 30 heavy (non-hydrogen) atoms. The number of alkyl halides is 3. The van der Waals surface area contributed by atoms with Gasteiger partial charge in [0.1, 0.15) is 12.1 Å². The molecule has 0 aliphatic rings. The molecule has 0 spiro atoms. The van der Waals surface area contributed by atoms with Gasteiger partial charge >= 0.3 is 6.18 Å². The number of aromatic amines is 1. The van der Waals surface area contributed by atoms with E-state index in [2.05, 4.69) is 30.5 Å². The van der Waals surface area contributed by atoms with E-state index in [4.69, 9.17) is 16.3 Å². The van der Waals surface area contributed by atoms with Gasteiger partial charge in [0.05, 0.1) is 10.6 Å². The predicted molar refractivity (Wildman–Crippen MR) is 104 cm³/mol. The van der Waals surface area contributed by atoms with Gasteiger partial charge in [0, 0.05) is 23.5 Å². The molecule has 2 heterocycles. The fraction of sp³-hybridized carbons (Fsp3) is 0.0526. The van der Waals surface area contributed by atoms with Gasteiger partial charge in [0.2, 0.25) is 11.8 Å². The Morgan fingerprint density at radius 3 is 2.53 bits per heavy atom. The molecule has 4 rings (SSSR count). The van der Waals surface area contributed by atoms with E-state index in [0.717, 1.165) is 12.1 Å². The second-order valence-electron chi connectivity index (χ2n) is 6.00. The number of anilines is 2. The Morgan fingerprint density at radius 2 is 1.83 bits per heavy atom. The molecular weight excluding hydrogens is 421 g/mol. The van der Waals surface area contributed by atoms with Crippen molar-refractivity contribution in [3.63, 3.8) is 0 Å². The van der Waals surface area contributed by atoms with Crippen molar-refractivity contribution < 1.29 is 17.9 Å². The molecule has 0 aliphatic heterocycles. The largest absolute Gasteiger partial charge is 0.439 e. The van der Waals surface area contributed by atoms with Crippen molar-refractivity contribution in [1.82, 2.24) is 25.1 Å². The van der Waals surface area contributed by atoms with Crippen molar-refractivity contribution in [2.24, 2.45) is 0 Å². The highest BCUT2D eigenvalue weighted by Crippen LogP contribution is 2.36. The van der Waals surface area contributed by atoms with Crippen molar-refractivity contribution in [3.05, 3.63) is 71.6 Å². The summed E-state index contributed by atoms with van der Waals surface area (Å²) in [6, 6.07) is 12.1. The second kappa shape index (κ2) is 7.99. The van der Waals surface area contributed by atoms with Gasteiger partial charge in [-0.05, 0) is 42.5 Å². The van der Waals surface area contributed by atoms with Crippen molar-refractivity contribution in [1.29, 1.82) is 0 Å². The Kier molecular flexibility index (Phi) is 5.23. The van der Waals surface area contributed by atoms with E-state index >= 15 is 0 Å². The average Bonchev–Trinajstić information content (AvgIpc) is 3.18. The van der Waals surface area contributed by atoms with Crippen LogP contribution in [0.1, 0.15) is 5.56 Å². The number of nitrogens with one attached hydrogen (secondary N) is 2. The summed E-state index contributed by atoms with van der Waals surface area (Å²) < 4.78 is 44.6. The van der Waals surface area contributed by atoms with Crippen molar-refractivity contribution >= 4 is 23.2 Å². The number of nitrogens with zero attached hydrogens (tertiary/aromatic N) is 4. The minimum Gasteiger partial charge on any atom is -0.439 e. The SMILES string of the molecule is FC(F)(F)c1cc(Nc2n[nH]c(-c3ccc(Oc4ccncn4)cc3)n2)ccc1Cl. The molecule has 0 unspecified atom stereocenters. The summed E-state index contributed by atoms with van der Waals surface area (Å²) >= 11 is 5.63. The molecular formula is C19H12ClF3N6O. The average molecular weight is 433 g/mol. The molecule has 152 valence electrons. The van der Waals surface area contributed by atoms with Crippen LogP contribution in [0.5, 0.6) is 11.6 Å². The normalized spacial score (nSPS) is 11.3. The van der Waals surface area contributed by atoms with E-state index in [1.54, 1.807) is 36.5 Å². The standard InChI is InChI=1S/C19H12ClF3N6O/c20-15-6-3-12(9-14(15)19(21,22)23)26-18-27-17(28-29-18)11-1-4-13(5-2-11)30-16-7-8-24-10-25-16/h1-10H,(H2,26,27,28,29). The number of hydrogen-bond acceptors (Lipinski definition) is 6. The first-order chi connectivity index (χ1) is 14.4. The molecule has 0 saturated heterocycles. The lowest BCUT2D eigenvalue weighted by Gasteiger charge is -2.10. The Morgan fingerprint density at radius 1 is 1.03 bits per heavy atom. The lowest BCUT2D eigenvalue weighted by Crippen LogP contribution is -2.06. The third-order valence-electron chi connectivity index (χ3n) is 3.92. The molecule has 0 bridgehead atoms. The maximum absolute atomic E-state index is 13.0. The monoisotopic (exact) mass is 432 g/mol. The zero-order valence-corrected chi connectivity index (χ0v) is 15.7. The van der Waals surface area contributed by atoms with Gasteiger partial charge in [-0.25, -0.2) is 9.97 Å². The van der Waals surface area contributed by atoms with E-state index in [-0.39, 0.29) is 16.7 Å². The first-order valence-corrected chi connectivity index (χ1v) is 8.87. The maximum atomic E-state index is 13.0. The molecule has 0 saturated carbocycles. The lowest BCUT2D eigenvalue weighted by molar-refractivity contribution is -0.137. The molecule has 0 radical (unpaired) electrons. The zero-order valence-electron chi connectivity index (χ0n) is 15.0. The summed E-state index contributed by atoms with van der Waals surface area (Å²) in [5, 5.41) is 9.06. The van der Waals surface area contributed by atoms with Crippen LogP contribution >= 0.6 is 11.6 Å². The first-order valence-electron chi connectivity index (χ1n) is 8.49. The van der Waals surface area contributed by atoms with E-state index in [0.29, 0.717) is 23.0 Å². The molecule has 2 N–H and O–H groups in total. The predicted octanol–water partition coefficient (Wildman–Crippen LogP) is 5.47. The molecule has 0 aliphatic carbocycles. The zero-order chi connectivity index (χ0) is 21.1. The topological polar surface area (TPSA) is 88.6 Å². The highest BCUT2D eigenvalue weighted by atomic mass is 35.5. The van der Waals surface area contributed by atoms with Crippen LogP contribution in [0.2, 0.25) is 5.02 Å². The van der Waals surface area contributed by atoms with Gasteiger partial charge < -0.3 is 10.1 Å².